The largest absolute Gasteiger partial charge is 0.394 e. The van der Waals surface area contributed by atoms with E-state index in [1.807, 2.05) is 0 Å². The molecule has 262 valence electrons. The van der Waals surface area contributed by atoms with Crippen molar-refractivity contribution >= 4 is 0 Å². The van der Waals surface area contributed by atoms with E-state index in [0.29, 0.717) is 44.6 Å². The van der Waals surface area contributed by atoms with Crippen molar-refractivity contribution in [3.8, 4) is 0 Å². The molecule has 4 bridgehead atoms. The van der Waals surface area contributed by atoms with Crippen molar-refractivity contribution in [1.29, 1.82) is 0 Å². The molecule has 20 unspecified atom stereocenters. The van der Waals surface area contributed by atoms with Gasteiger partial charge in [-0.1, -0.05) is 13.8 Å². The van der Waals surface area contributed by atoms with Crippen LogP contribution >= 0.6 is 0 Å². The molecule has 0 aromatic carbocycles. The van der Waals surface area contributed by atoms with Crippen LogP contribution in [0, 0.1) is 40.9 Å². The van der Waals surface area contributed by atoms with Crippen molar-refractivity contribution in [2.24, 2.45) is 40.9 Å². The lowest BCUT2D eigenvalue weighted by atomic mass is 9.49. The molecule has 0 aromatic heterocycles. The Balaban J connectivity index is 1.14. The highest BCUT2D eigenvalue weighted by molar-refractivity contribution is 5.32. The summed E-state index contributed by atoms with van der Waals surface area (Å²) in [5.74, 6) is -3.87. The third-order valence-electron chi connectivity index (χ3n) is 15.0. The van der Waals surface area contributed by atoms with Crippen molar-refractivity contribution < 1.29 is 60.2 Å². The molecule has 1 spiro atoms. The average molecular weight is 656 g/mol. The van der Waals surface area contributed by atoms with Gasteiger partial charge < -0.3 is 60.2 Å². The molecule has 20 atom stereocenters. The molecule has 8 aliphatic rings. The summed E-state index contributed by atoms with van der Waals surface area (Å²) in [5.41, 5.74) is -4.67. The molecular weight excluding hydrogens is 602 g/mol. The van der Waals surface area contributed by atoms with E-state index in [1.54, 1.807) is 6.92 Å². The van der Waals surface area contributed by atoms with Gasteiger partial charge in [-0.3, -0.25) is 4.90 Å². The molecule has 13 nitrogen and oxygen atoms in total. The molecule has 0 radical (unpaired) electrons. The Kier molecular flexibility index (Phi) is 7.30. The van der Waals surface area contributed by atoms with Gasteiger partial charge in [-0.15, -0.1) is 0 Å². The predicted molar refractivity (Wildman–Crippen MR) is 157 cm³/mol. The topological polar surface area (TPSA) is 213 Å². The van der Waals surface area contributed by atoms with Crippen molar-refractivity contribution in [2.45, 2.75) is 143 Å². The Hall–Kier alpha value is -0.520. The maximum absolute atomic E-state index is 12.8. The highest BCUT2D eigenvalue weighted by atomic mass is 16.7. The van der Waals surface area contributed by atoms with Crippen LogP contribution < -0.4 is 0 Å². The first-order chi connectivity index (χ1) is 21.6. The second kappa shape index (κ2) is 10.3. The van der Waals surface area contributed by atoms with E-state index >= 15 is 0 Å². The molecule has 4 saturated heterocycles. The summed E-state index contributed by atoms with van der Waals surface area (Å²) >= 11 is 0. The number of fused-ring (bicyclic) bond motifs is 5. The number of nitrogens with zero attached hydrogens (tertiary/aromatic N) is 1. The first-order valence-corrected chi connectivity index (χ1v) is 17.5. The van der Waals surface area contributed by atoms with E-state index in [2.05, 4.69) is 18.7 Å². The summed E-state index contributed by atoms with van der Waals surface area (Å²) in [6.45, 7) is 6.84. The summed E-state index contributed by atoms with van der Waals surface area (Å²) < 4.78 is 18.7. The van der Waals surface area contributed by atoms with Crippen LogP contribution in [0.25, 0.3) is 0 Å². The third kappa shape index (κ3) is 3.81. The first kappa shape index (κ1) is 32.7. The van der Waals surface area contributed by atoms with Gasteiger partial charge in [-0.25, -0.2) is 0 Å². The van der Waals surface area contributed by atoms with Gasteiger partial charge in [-0.05, 0) is 69.6 Å². The number of piperidine rings is 2. The van der Waals surface area contributed by atoms with Crippen LogP contribution in [-0.4, -0.2) is 148 Å². The lowest BCUT2D eigenvalue weighted by molar-refractivity contribution is -0.358. The van der Waals surface area contributed by atoms with Crippen LogP contribution in [0.3, 0.4) is 0 Å². The minimum Gasteiger partial charge on any atom is -0.394 e. The second-order valence-electron chi connectivity index (χ2n) is 16.9. The number of hydrogen-bond acceptors (Lipinski definition) is 13. The number of aliphatic hydroxyl groups is 9. The van der Waals surface area contributed by atoms with E-state index in [1.165, 1.54) is 0 Å². The molecule has 8 rings (SSSR count). The average Bonchev–Trinajstić information content (AvgIpc) is 3.25. The maximum Gasteiger partial charge on any atom is 0.196 e. The minimum absolute atomic E-state index is 0.148. The minimum atomic E-state index is -1.85. The summed E-state index contributed by atoms with van der Waals surface area (Å²) in [6, 6.07) is -0.148. The molecule has 4 aliphatic heterocycles. The highest BCUT2D eigenvalue weighted by Gasteiger charge is 2.85. The normalized spacial score (nSPS) is 64.3. The van der Waals surface area contributed by atoms with Crippen LogP contribution in [0.4, 0.5) is 0 Å². The van der Waals surface area contributed by atoms with Crippen molar-refractivity contribution in [2.75, 3.05) is 19.7 Å². The predicted octanol–water partition coefficient (Wildman–Crippen LogP) is -1.96. The SMILES string of the molecule is CC1CCC2N(C1)CC1C(C(O)C(O)C3(O)C1CC14OC5(O)C(OC6OC(CO)C(O)C(O)C6O)CCC1(C)C5CCC34)C2(C)O. The number of hydrogen-bond donors (Lipinski definition) is 9. The molecule has 8 fully saturated rings. The van der Waals surface area contributed by atoms with Crippen LogP contribution in [0.15, 0.2) is 0 Å². The number of aliphatic hydroxyl groups excluding tert-OH is 6. The molecule has 9 N–H and O–H groups in total. The van der Waals surface area contributed by atoms with Gasteiger partial charge in [0.15, 0.2) is 12.1 Å². The Morgan fingerprint density at radius 1 is 0.848 bits per heavy atom. The van der Waals surface area contributed by atoms with E-state index in [0.717, 1.165) is 19.4 Å². The van der Waals surface area contributed by atoms with Gasteiger partial charge in [0.1, 0.15) is 42.2 Å². The van der Waals surface area contributed by atoms with Gasteiger partial charge in [0.25, 0.3) is 0 Å². The highest BCUT2D eigenvalue weighted by Crippen LogP contribution is 2.77. The first-order valence-electron chi connectivity index (χ1n) is 17.5. The summed E-state index contributed by atoms with van der Waals surface area (Å²) in [4.78, 5) is 2.32. The smallest absolute Gasteiger partial charge is 0.196 e. The third-order valence-corrected chi connectivity index (χ3v) is 15.0. The fourth-order valence-corrected chi connectivity index (χ4v) is 12.9. The lowest BCUT2D eigenvalue weighted by Gasteiger charge is -2.63. The maximum atomic E-state index is 12.8. The zero-order valence-electron chi connectivity index (χ0n) is 26.9. The zero-order chi connectivity index (χ0) is 32.9. The van der Waals surface area contributed by atoms with Gasteiger partial charge in [0, 0.05) is 42.3 Å². The fourth-order valence-electron chi connectivity index (χ4n) is 12.9. The quantitative estimate of drug-likeness (QED) is 0.151. The number of ether oxygens (including phenoxy) is 3. The second-order valence-corrected chi connectivity index (χ2v) is 16.9. The summed E-state index contributed by atoms with van der Waals surface area (Å²) in [6.07, 6.45) is -7.38. The molecule has 0 aromatic rings. The molecular formula is C33H53NO12. The van der Waals surface area contributed by atoms with Crippen LogP contribution in [0.1, 0.15) is 65.7 Å². The molecule has 0 amide bonds. The number of rotatable bonds is 3. The summed E-state index contributed by atoms with van der Waals surface area (Å²) in [5, 5.41) is 102. The lowest BCUT2D eigenvalue weighted by Crippen LogP contribution is -2.76. The van der Waals surface area contributed by atoms with Crippen molar-refractivity contribution in [1.82, 2.24) is 4.90 Å². The zero-order valence-corrected chi connectivity index (χ0v) is 26.9. The summed E-state index contributed by atoms with van der Waals surface area (Å²) in [7, 11) is 0. The molecule has 13 heteroatoms. The van der Waals surface area contributed by atoms with Gasteiger partial charge in [-0.2, -0.15) is 0 Å². The van der Waals surface area contributed by atoms with Crippen LogP contribution in [0.5, 0.6) is 0 Å². The van der Waals surface area contributed by atoms with E-state index in [9.17, 15) is 46.0 Å². The van der Waals surface area contributed by atoms with E-state index in [4.69, 9.17) is 14.2 Å². The van der Waals surface area contributed by atoms with E-state index < -0.39 is 107 Å². The Bertz CT molecular complexity index is 1220. The fraction of sp³-hybridized carbons (Fsp3) is 1.00. The Labute approximate surface area is 269 Å². The van der Waals surface area contributed by atoms with Crippen molar-refractivity contribution in [3.05, 3.63) is 0 Å². The van der Waals surface area contributed by atoms with Gasteiger partial charge >= 0.3 is 0 Å². The van der Waals surface area contributed by atoms with Crippen LogP contribution in [-0.2, 0) is 14.2 Å². The van der Waals surface area contributed by atoms with Crippen molar-refractivity contribution in [3.63, 3.8) is 0 Å². The molecule has 4 saturated carbocycles. The Morgan fingerprint density at radius 3 is 2.28 bits per heavy atom. The monoisotopic (exact) mass is 655 g/mol. The molecule has 4 heterocycles. The van der Waals surface area contributed by atoms with Gasteiger partial charge in [0.05, 0.1) is 23.9 Å². The van der Waals surface area contributed by atoms with Gasteiger partial charge in [0.2, 0.25) is 0 Å². The standard InChI is InChI=1S/C33H53NO12/c1-14-4-7-20-30(3,41)22-15(12-34(20)11-14)16-10-31-19(32(16,42)27(40)24(22)37)6-5-18-29(31,2)9-8-21(33(18,43)46-31)45-28-26(39)25(38)23(36)17(13-35)44-28/h14-28,35-43H,4-13H2,1-3H3. The molecule has 46 heavy (non-hydrogen) atoms. The molecule has 4 aliphatic carbocycles. The van der Waals surface area contributed by atoms with E-state index in [-0.39, 0.29) is 12.0 Å². The van der Waals surface area contributed by atoms with Crippen LogP contribution in [0.2, 0.25) is 0 Å². The Morgan fingerprint density at radius 2 is 1.57 bits per heavy atom.